The van der Waals surface area contributed by atoms with Crippen molar-refractivity contribution in [3.05, 3.63) is 24.4 Å². The summed E-state index contributed by atoms with van der Waals surface area (Å²) in [4.78, 5) is 11.5. The summed E-state index contributed by atoms with van der Waals surface area (Å²) >= 11 is 0. The summed E-state index contributed by atoms with van der Waals surface area (Å²) in [5.41, 5.74) is 2.06. The zero-order chi connectivity index (χ0) is 17.2. The Morgan fingerprint density at radius 2 is 1.77 bits per heavy atom. The summed E-state index contributed by atoms with van der Waals surface area (Å²) in [6.07, 6.45) is 7.31. The molecule has 0 fully saturated rings. The zero-order valence-corrected chi connectivity index (χ0v) is 15.6. The predicted octanol–water partition coefficient (Wildman–Crippen LogP) is 5.65. The maximum atomic E-state index is 11.5. The molecule has 0 spiro atoms. The van der Waals surface area contributed by atoms with Crippen molar-refractivity contribution >= 4 is 5.78 Å². The molecule has 0 aliphatic rings. The normalized spacial score (nSPS) is 12.8. The summed E-state index contributed by atoms with van der Waals surface area (Å²) in [7, 11) is 0. The monoisotopic (exact) mass is 307 g/mol. The van der Waals surface area contributed by atoms with Crippen molar-refractivity contribution in [2.45, 2.75) is 79.6 Å². The molecule has 2 nitrogen and oxygen atoms in total. The van der Waals surface area contributed by atoms with Crippen LogP contribution in [0, 0.1) is 11.3 Å². The van der Waals surface area contributed by atoms with Gasteiger partial charge in [0.2, 0.25) is 0 Å². The topological polar surface area (TPSA) is 29.1 Å². The van der Waals surface area contributed by atoms with Crippen LogP contribution in [0.2, 0.25) is 0 Å². The van der Waals surface area contributed by atoms with Gasteiger partial charge < -0.3 is 5.32 Å². The number of allylic oxidation sites excluding steroid dienone is 2. The molecule has 0 amide bonds. The smallest absolute Gasteiger partial charge is 0.157 e. The van der Waals surface area contributed by atoms with Gasteiger partial charge in [0, 0.05) is 18.7 Å². The van der Waals surface area contributed by atoms with Crippen molar-refractivity contribution in [3.8, 4) is 0 Å². The zero-order valence-electron chi connectivity index (χ0n) is 15.6. The van der Waals surface area contributed by atoms with Crippen LogP contribution in [0.4, 0.5) is 0 Å². The summed E-state index contributed by atoms with van der Waals surface area (Å²) in [6.45, 7) is 19.8. The van der Waals surface area contributed by atoms with Crippen molar-refractivity contribution in [3.63, 3.8) is 0 Å². The molecule has 0 rings (SSSR count). The van der Waals surface area contributed by atoms with Gasteiger partial charge in [-0.1, -0.05) is 53.7 Å². The van der Waals surface area contributed by atoms with Gasteiger partial charge in [-0.05, 0) is 49.5 Å². The standard InChI is InChI=1S/C20H37NO/c1-8-11-17(4)14-20(6,7)15-21-18(5)12-9-10-13-19(22)16(2)3/h17,21H,2,5,8-15H2,1,3-4,6-7H3. The van der Waals surface area contributed by atoms with Gasteiger partial charge in [0.25, 0.3) is 0 Å². The third-order valence-electron chi connectivity index (χ3n) is 4.11. The molecular formula is C20H37NO. The molecule has 1 unspecified atom stereocenters. The largest absolute Gasteiger partial charge is 0.388 e. The highest BCUT2D eigenvalue weighted by atomic mass is 16.1. The highest BCUT2D eigenvalue weighted by Gasteiger charge is 2.20. The van der Waals surface area contributed by atoms with E-state index in [0.29, 0.717) is 17.4 Å². The van der Waals surface area contributed by atoms with Gasteiger partial charge in [-0.25, -0.2) is 0 Å². The van der Waals surface area contributed by atoms with E-state index >= 15 is 0 Å². The van der Waals surface area contributed by atoms with Crippen LogP contribution in [-0.2, 0) is 4.79 Å². The second-order valence-electron chi connectivity index (χ2n) is 7.63. The molecule has 0 saturated carbocycles. The molecule has 0 saturated heterocycles. The molecule has 0 aromatic heterocycles. The Kier molecular flexibility index (Phi) is 10.1. The number of carbonyl (C=O) groups excluding carboxylic acids is 1. The molecule has 128 valence electrons. The van der Waals surface area contributed by atoms with Crippen LogP contribution >= 0.6 is 0 Å². The van der Waals surface area contributed by atoms with Crippen molar-refractivity contribution < 1.29 is 4.79 Å². The lowest BCUT2D eigenvalue weighted by atomic mass is 9.81. The van der Waals surface area contributed by atoms with Crippen LogP contribution in [-0.4, -0.2) is 12.3 Å². The lowest BCUT2D eigenvalue weighted by molar-refractivity contribution is -0.115. The van der Waals surface area contributed by atoms with E-state index in [-0.39, 0.29) is 5.78 Å². The maximum absolute atomic E-state index is 11.5. The first-order valence-corrected chi connectivity index (χ1v) is 8.78. The SMILES string of the molecule is C=C(CCCCC(=O)C(=C)C)NCC(C)(C)CC(C)CCC. The molecule has 0 aliphatic heterocycles. The maximum Gasteiger partial charge on any atom is 0.157 e. The fourth-order valence-electron chi connectivity index (χ4n) is 2.90. The molecule has 0 aromatic rings. The van der Waals surface area contributed by atoms with Crippen LogP contribution < -0.4 is 5.32 Å². The van der Waals surface area contributed by atoms with E-state index in [9.17, 15) is 4.79 Å². The number of Topliss-reactive ketones (excluding diaryl/α,β-unsaturated/α-hetero) is 1. The van der Waals surface area contributed by atoms with Gasteiger partial charge in [0.1, 0.15) is 0 Å². The lowest BCUT2D eigenvalue weighted by Crippen LogP contribution is -2.30. The Morgan fingerprint density at radius 1 is 1.18 bits per heavy atom. The van der Waals surface area contributed by atoms with Gasteiger partial charge in [-0.3, -0.25) is 4.79 Å². The molecule has 0 aliphatic carbocycles. The Morgan fingerprint density at radius 3 is 2.32 bits per heavy atom. The van der Waals surface area contributed by atoms with Crippen LogP contribution in [0.5, 0.6) is 0 Å². The number of rotatable bonds is 13. The van der Waals surface area contributed by atoms with E-state index < -0.39 is 0 Å². The summed E-state index contributed by atoms with van der Waals surface area (Å²) in [6, 6.07) is 0. The summed E-state index contributed by atoms with van der Waals surface area (Å²) in [5.74, 6) is 0.966. The average molecular weight is 308 g/mol. The molecule has 22 heavy (non-hydrogen) atoms. The molecular weight excluding hydrogens is 270 g/mol. The van der Waals surface area contributed by atoms with E-state index in [0.717, 1.165) is 37.4 Å². The number of ketones is 1. The number of hydrogen-bond acceptors (Lipinski definition) is 2. The number of hydrogen-bond donors (Lipinski definition) is 1. The van der Waals surface area contributed by atoms with Crippen LogP contribution in [0.3, 0.4) is 0 Å². The van der Waals surface area contributed by atoms with E-state index in [1.54, 1.807) is 6.92 Å². The summed E-state index contributed by atoms with van der Waals surface area (Å²) in [5, 5.41) is 3.48. The first-order valence-electron chi connectivity index (χ1n) is 8.78. The van der Waals surface area contributed by atoms with E-state index in [4.69, 9.17) is 0 Å². The van der Waals surface area contributed by atoms with E-state index in [1.807, 2.05) is 0 Å². The summed E-state index contributed by atoms with van der Waals surface area (Å²) < 4.78 is 0. The minimum atomic E-state index is 0.185. The van der Waals surface area contributed by atoms with Crippen molar-refractivity contribution in [1.82, 2.24) is 5.32 Å². The van der Waals surface area contributed by atoms with E-state index in [1.165, 1.54) is 19.3 Å². The van der Waals surface area contributed by atoms with Crippen LogP contribution in [0.1, 0.15) is 79.6 Å². The minimum Gasteiger partial charge on any atom is -0.388 e. The van der Waals surface area contributed by atoms with Crippen LogP contribution in [0.15, 0.2) is 24.4 Å². The van der Waals surface area contributed by atoms with Crippen molar-refractivity contribution in [2.24, 2.45) is 11.3 Å². The molecule has 0 aromatic carbocycles. The average Bonchev–Trinajstić information content (AvgIpc) is 2.40. The third kappa shape index (κ3) is 10.6. The first-order chi connectivity index (χ1) is 10.2. The first kappa shape index (κ1) is 20.9. The van der Waals surface area contributed by atoms with Gasteiger partial charge in [-0.15, -0.1) is 0 Å². The number of unbranched alkanes of at least 4 members (excludes halogenated alkanes) is 1. The second kappa shape index (κ2) is 10.6. The third-order valence-corrected chi connectivity index (χ3v) is 4.11. The Hall–Kier alpha value is -1.05. The Bertz CT molecular complexity index is 368. The lowest BCUT2D eigenvalue weighted by Gasteiger charge is -2.29. The van der Waals surface area contributed by atoms with Gasteiger partial charge in [0.05, 0.1) is 0 Å². The van der Waals surface area contributed by atoms with Gasteiger partial charge in [-0.2, -0.15) is 0 Å². The molecule has 1 N–H and O–H groups in total. The number of carbonyl (C=O) groups is 1. The molecule has 1 atom stereocenters. The highest BCUT2D eigenvalue weighted by molar-refractivity contribution is 5.93. The predicted molar refractivity (Wildman–Crippen MR) is 97.9 cm³/mol. The fraction of sp³-hybridized carbons (Fsp3) is 0.750. The number of nitrogens with one attached hydrogen (secondary N) is 1. The Labute approximate surface area is 138 Å². The highest BCUT2D eigenvalue weighted by Crippen LogP contribution is 2.27. The van der Waals surface area contributed by atoms with Gasteiger partial charge >= 0.3 is 0 Å². The molecule has 0 bridgehead atoms. The molecule has 2 heteroatoms. The second-order valence-corrected chi connectivity index (χ2v) is 7.63. The van der Waals surface area contributed by atoms with Crippen molar-refractivity contribution in [1.29, 1.82) is 0 Å². The fourth-order valence-corrected chi connectivity index (χ4v) is 2.90. The van der Waals surface area contributed by atoms with Gasteiger partial charge in [0.15, 0.2) is 5.78 Å². The Balaban J connectivity index is 3.88. The minimum absolute atomic E-state index is 0.185. The van der Waals surface area contributed by atoms with Crippen molar-refractivity contribution in [2.75, 3.05) is 6.54 Å². The molecule has 0 radical (unpaired) electrons. The molecule has 0 heterocycles. The quantitative estimate of drug-likeness (QED) is 0.352. The van der Waals surface area contributed by atoms with E-state index in [2.05, 4.69) is 46.2 Å². The van der Waals surface area contributed by atoms with Crippen LogP contribution in [0.25, 0.3) is 0 Å².